The Bertz CT molecular complexity index is 886. The molecule has 1 N–H and O–H groups in total. The van der Waals surface area contributed by atoms with E-state index >= 15 is 0 Å². The van der Waals surface area contributed by atoms with E-state index in [1.165, 1.54) is 6.07 Å². The number of benzene rings is 2. The van der Waals surface area contributed by atoms with Gasteiger partial charge in [-0.25, -0.2) is 4.98 Å². The molecule has 0 unspecified atom stereocenters. The smallest absolute Gasteiger partial charge is 0.269 e. The standard InChI is InChI=1S/C18H20N4O2/c1-13-12-14(22(23)24)9-10-15(13)19-11-5-8-18-20-16-6-3-4-7-17(16)21(18)2/h3-4,6-7,9-10,12,19H,5,8,11H2,1-2H3. The predicted molar refractivity (Wildman–Crippen MR) is 95.4 cm³/mol. The predicted octanol–water partition coefficient (Wildman–Crippen LogP) is 3.83. The summed E-state index contributed by atoms with van der Waals surface area (Å²) in [5.41, 5.74) is 4.11. The largest absolute Gasteiger partial charge is 0.385 e. The Morgan fingerprint density at radius 3 is 2.75 bits per heavy atom. The summed E-state index contributed by atoms with van der Waals surface area (Å²) < 4.78 is 2.13. The van der Waals surface area contributed by atoms with Gasteiger partial charge in [-0.2, -0.15) is 0 Å². The van der Waals surface area contributed by atoms with Crippen molar-refractivity contribution in [3.63, 3.8) is 0 Å². The molecule has 0 aliphatic carbocycles. The molecule has 6 heteroatoms. The normalized spacial score (nSPS) is 10.9. The molecule has 0 atom stereocenters. The molecule has 0 aliphatic rings. The number of imidazole rings is 1. The number of nitrogens with zero attached hydrogens (tertiary/aromatic N) is 3. The van der Waals surface area contributed by atoms with E-state index in [-0.39, 0.29) is 10.6 Å². The van der Waals surface area contributed by atoms with E-state index in [1.807, 2.05) is 32.2 Å². The van der Waals surface area contributed by atoms with Gasteiger partial charge in [0.2, 0.25) is 0 Å². The number of para-hydroxylation sites is 2. The van der Waals surface area contributed by atoms with Crippen molar-refractivity contribution in [1.29, 1.82) is 0 Å². The summed E-state index contributed by atoms with van der Waals surface area (Å²) in [6.07, 6.45) is 1.82. The molecule has 1 heterocycles. The summed E-state index contributed by atoms with van der Waals surface area (Å²) in [7, 11) is 2.04. The van der Waals surface area contributed by atoms with Crippen molar-refractivity contribution >= 4 is 22.4 Å². The average molecular weight is 324 g/mol. The van der Waals surface area contributed by atoms with Gasteiger partial charge in [0.15, 0.2) is 0 Å². The summed E-state index contributed by atoms with van der Waals surface area (Å²) in [5, 5.41) is 14.1. The maximum absolute atomic E-state index is 10.8. The van der Waals surface area contributed by atoms with Crippen LogP contribution in [0.5, 0.6) is 0 Å². The summed E-state index contributed by atoms with van der Waals surface area (Å²) in [6, 6.07) is 13.0. The maximum atomic E-state index is 10.8. The number of aryl methyl sites for hydroxylation is 3. The van der Waals surface area contributed by atoms with Gasteiger partial charge < -0.3 is 9.88 Å². The molecule has 0 bridgehead atoms. The highest BCUT2D eigenvalue weighted by Gasteiger charge is 2.09. The number of nitro benzene ring substituents is 1. The van der Waals surface area contributed by atoms with Crippen LogP contribution in [0.4, 0.5) is 11.4 Å². The van der Waals surface area contributed by atoms with E-state index in [4.69, 9.17) is 0 Å². The van der Waals surface area contributed by atoms with E-state index in [2.05, 4.69) is 20.9 Å². The molecule has 0 fully saturated rings. The molecule has 3 rings (SSSR count). The van der Waals surface area contributed by atoms with Gasteiger partial charge in [-0.05, 0) is 37.1 Å². The first-order valence-corrected chi connectivity index (χ1v) is 7.95. The minimum atomic E-state index is -0.373. The van der Waals surface area contributed by atoms with Crippen LogP contribution in [0.1, 0.15) is 17.8 Å². The van der Waals surface area contributed by atoms with Crippen LogP contribution in [0.2, 0.25) is 0 Å². The Kier molecular flexibility index (Phi) is 4.46. The summed E-state index contributed by atoms with van der Waals surface area (Å²) >= 11 is 0. The number of nitrogens with one attached hydrogen (secondary N) is 1. The molecular formula is C18H20N4O2. The van der Waals surface area contributed by atoms with Crippen molar-refractivity contribution in [3.8, 4) is 0 Å². The third-order valence-corrected chi connectivity index (χ3v) is 4.19. The van der Waals surface area contributed by atoms with E-state index in [9.17, 15) is 10.1 Å². The highest BCUT2D eigenvalue weighted by atomic mass is 16.6. The lowest BCUT2D eigenvalue weighted by atomic mass is 10.1. The van der Waals surface area contributed by atoms with E-state index in [1.54, 1.807) is 12.1 Å². The minimum absolute atomic E-state index is 0.123. The quantitative estimate of drug-likeness (QED) is 0.425. The molecule has 124 valence electrons. The highest BCUT2D eigenvalue weighted by molar-refractivity contribution is 5.75. The van der Waals surface area contributed by atoms with Gasteiger partial charge in [-0.15, -0.1) is 0 Å². The Balaban J connectivity index is 1.59. The van der Waals surface area contributed by atoms with E-state index in [0.717, 1.165) is 47.5 Å². The number of hydrogen-bond acceptors (Lipinski definition) is 4. The summed E-state index contributed by atoms with van der Waals surface area (Å²) in [6.45, 7) is 2.67. The van der Waals surface area contributed by atoms with Crippen molar-refractivity contribution in [1.82, 2.24) is 9.55 Å². The zero-order valence-corrected chi connectivity index (χ0v) is 13.8. The molecule has 0 saturated carbocycles. The van der Waals surface area contributed by atoms with Gasteiger partial charge in [-0.3, -0.25) is 10.1 Å². The van der Waals surface area contributed by atoms with Gasteiger partial charge in [0.05, 0.1) is 16.0 Å². The fraction of sp³-hybridized carbons (Fsp3) is 0.278. The van der Waals surface area contributed by atoms with Crippen LogP contribution in [0.25, 0.3) is 11.0 Å². The van der Waals surface area contributed by atoms with E-state index < -0.39 is 0 Å². The van der Waals surface area contributed by atoms with Crippen molar-refractivity contribution in [2.24, 2.45) is 7.05 Å². The Morgan fingerprint density at radius 2 is 2.04 bits per heavy atom. The second-order valence-corrected chi connectivity index (χ2v) is 5.86. The first-order valence-electron chi connectivity index (χ1n) is 7.95. The third-order valence-electron chi connectivity index (χ3n) is 4.19. The molecule has 1 aromatic heterocycles. The van der Waals surface area contributed by atoms with Gasteiger partial charge in [0.1, 0.15) is 5.82 Å². The van der Waals surface area contributed by atoms with Crippen LogP contribution in [0.3, 0.4) is 0 Å². The molecule has 0 saturated heterocycles. The Hall–Kier alpha value is -2.89. The number of aromatic nitrogens is 2. The van der Waals surface area contributed by atoms with Crippen molar-refractivity contribution < 1.29 is 4.92 Å². The first kappa shape index (κ1) is 16.0. The van der Waals surface area contributed by atoms with Crippen molar-refractivity contribution in [2.45, 2.75) is 19.8 Å². The highest BCUT2D eigenvalue weighted by Crippen LogP contribution is 2.21. The second-order valence-electron chi connectivity index (χ2n) is 5.86. The fourth-order valence-corrected chi connectivity index (χ4v) is 2.85. The van der Waals surface area contributed by atoms with Crippen LogP contribution >= 0.6 is 0 Å². The van der Waals surface area contributed by atoms with Gasteiger partial charge >= 0.3 is 0 Å². The van der Waals surface area contributed by atoms with Crippen molar-refractivity contribution in [3.05, 3.63) is 64.0 Å². The van der Waals surface area contributed by atoms with Crippen LogP contribution in [0, 0.1) is 17.0 Å². The Morgan fingerprint density at radius 1 is 1.25 bits per heavy atom. The van der Waals surface area contributed by atoms with Crippen LogP contribution in [-0.2, 0) is 13.5 Å². The number of anilines is 1. The topological polar surface area (TPSA) is 73.0 Å². The van der Waals surface area contributed by atoms with Crippen molar-refractivity contribution in [2.75, 3.05) is 11.9 Å². The zero-order chi connectivity index (χ0) is 17.1. The fourth-order valence-electron chi connectivity index (χ4n) is 2.85. The molecule has 6 nitrogen and oxygen atoms in total. The maximum Gasteiger partial charge on any atom is 0.269 e. The summed E-state index contributed by atoms with van der Waals surface area (Å²) in [4.78, 5) is 15.1. The Labute approximate surface area is 140 Å². The van der Waals surface area contributed by atoms with Crippen LogP contribution in [-0.4, -0.2) is 21.0 Å². The average Bonchev–Trinajstić information content (AvgIpc) is 2.89. The first-order chi connectivity index (χ1) is 11.6. The van der Waals surface area contributed by atoms with E-state index in [0.29, 0.717) is 0 Å². The molecular weight excluding hydrogens is 304 g/mol. The van der Waals surface area contributed by atoms with Gasteiger partial charge in [0.25, 0.3) is 5.69 Å². The molecule has 24 heavy (non-hydrogen) atoms. The number of rotatable bonds is 6. The molecule has 0 radical (unpaired) electrons. The summed E-state index contributed by atoms with van der Waals surface area (Å²) in [5.74, 6) is 1.07. The monoisotopic (exact) mass is 324 g/mol. The van der Waals surface area contributed by atoms with Crippen LogP contribution in [0.15, 0.2) is 42.5 Å². The molecule has 2 aromatic carbocycles. The second kappa shape index (κ2) is 6.70. The van der Waals surface area contributed by atoms with Crippen LogP contribution < -0.4 is 5.32 Å². The number of non-ortho nitro benzene ring substituents is 1. The molecule has 3 aromatic rings. The number of hydrogen-bond donors (Lipinski definition) is 1. The SMILES string of the molecule is Cc1cc([N+](=O)[O-])ccc1NCCCc1nc2ccccc2n1C. The number of nitro groups is 1. The lowest BCUT2D eigenvalue weighted by molar-refractivity contribution is -0.384. The van der Waals surface area contributed by atoms with Gasteiger partial charge in [-0.1, -0.05) is 12.1 Å². The minimum Gasteiger partial charge on any atom is -0.385 e. The van der Waals surface area contributed by atoms with Gasteiger partial charge in [0, 0.05) is 37.8 Å². The lowest BCUT2D eigenvalue weighted by Gasteiger charge is -2.09. The zero-order valence-electron chi connectivity index (χ0n) is 13.8. The molecule has 0 spiro atoms. The lowest BCUT2D eigenvalue weighted by Crippen LogP contribution is -2.06. The molecule has 0 amide bonds. The number of fused-ring (bicyclic) bond motifs is 1. The third kappa shape index (κ3) is 3.22. The molecule has 0 aliphatic heterocycles.